The van der Waals surface area contributed by atoms with Gasteiger partial charge in [-0.1, -0.05) is 30.4 Å². The summed E-state index contributed by atoms with van der Waals surface area (Å²) in [6.45, 7) is 1.46. The second-order valence-corrected chi connectivity index (χ2v) is 6.49. The summed E-state index contributed by atoms with van der Waals surface area (Å²) in [5.74, 6) is -1.55. The lowest BCUT2D eigenvalue weighted by atomic mass is 10.0. The quantitative estimate of drug-likeness (QED) is 0.762. The predicted molar refractivity (Wildman–Crippen MR) is 101 cm³/mol. The molecule has 1 heterocycles. The zero-order valence-electron chi connectivity index (χ0n) is 14.9. The molecule has 3 amide bonds. The monoisotopic (exact) mass is 367 g/mol. The number of urea groups is 1. The lowest BCUT2D eigenvalue weighted by molar-refractivity contribution is -0.143. The fraction of sp³-hybridized carbons (Fsp3) is 0.250. The van der Waals surface area contributed by atoms with Crippen molar-refractivity contribution in [2.75, 3.05) is 11.9 Å². The number of amides is 3. The van der Waals surface area contributed by atoms with Gasteiger partial charge in [-0.15, -0.1) is 0 Å². The van der Waals surface area contributed by atoms with Gasteiger partial charge in [-0.2, -0.15) is 0 Å². The van der Waals surface area contributed by atoms with Crippen LogP contribution in [0.5, 0.6) is 0 Å². The van der Waals surface area contributed by atoms with E-state index in [-0.39, 0.29) is 0 Å². The number of carboxylic acid groups (broad SMARTS) is 1. The summed E-state index contributed by atoms with van der Waals surface area (Å²) in [6, 6.07) is 5.96. The normalized spacial score (nSPS) is 18.8. The maximum absolute atomic E-state index is 12.9. The molecule has 1 atom stereocenters. The van der Waals surface area contributed by atoms with Gasteiger partial charge in [-0.3, -0.25) is 14.5 Å². The molecule has 7 nitrogen and oxygen atoms in total. The van der Waals surface area contributed by atoms with Crippen LogP contribution in [0.4, 0.5) is 10.5 Å². The molecule has 1 aromatic carbocycles. The van der Waals surface area contributed by atoms with Crippen LogP contribution in [0, 0.1) is 6.92 Å². The number of carbonyl (C=O) groups excluding carboxylic acids is 2. The number of nitrogens with one attached hydrogen (secondary N) is 2. The van der Waals surface area contributed by atoms with E-state index in [1.165, 1.54) is 4.90 Å². The number of aliphatic carboxylic acids is 1. The highest BCUT2D eigenvalue weighted by Gasteiger charge is 2.33. The van der Waals surface area contributed by atoms with E-state index in [0.717, 1.165) is 11.1 Å². The number of benzene rings is 1. The number of anilines is 1. The maximum Gasteiger partial charge on any atom is 0.323 e. The molecule has 0 saturated heterocycles. The van der Waals surface area contributed by atoms with Crippen molar-refractivity contribution in [3.05, 3.63) is 65.4 Å². The average molecular weight is 367 g/mol. The lowest BCUT2D eigenvalue weighted by Gasteiger charge is -2.27. The zero-order chi connectivity index (χ0) is 19.4. The first-order valence-electron chi connectivity index (χ1n) is 8.67. The minimum atomic E-state index is -1.11. The highest BCUT2D eigenvalue weighted by Crippen LogP contribution is 2.28. The summed E-state index contributed by atoms with van der Waals surface area (Å²) < 4.78 is 0. The molecule has 1 aliphatic heterocycles. The first kappa shape index (κ1) is 18.4. The van der Waals surface area contributed by atoms with Crippen molar-refractivity contribution in [3.8, 4) is 0 Å². The third-order valence-corrected chi connectivity index (χ3v) is 4.39. The number of aryl methyl sites for hydroxylation is 1. The number of rotatable bonds is 4. The van der Waals surface area contributed by atoms with Crippen LogP contribution in [0.1, 0.15) is 18.4 Å². The molecule has 0 bridgehead atoms. The Hall–Kier alpha value is -3.35. The minimum Gasteiger partial charge on any atom is -0.480 e. The predicted octanol–water partition coefficient (Wildman–Crippen LogP) is 2.57. The Morgan fingerprint density at radius 2 is 2.15 bits per heavy atom. The van der Waals surface area contributed by atoms with Crippen LogP contribution in [0.2, 0.25) is 0 Å². The molecule has 0 spiro atoms. The van der Waals surface area contributed by atoms with E-state index in [9.17, 15) is 19.5 Å². The molecule has 0 aromatic heterocycles. The van der Waals surface area contributed by atoms with Gasteiger partial charge in [0.05, 0.1) is 0 Å². The van der Waals surface area contributed by atoms with Gasteiger partial charge in [0.25, 0.3) is 0 Å². The second kappa shape index (κ2) is 7.90. The summed E-state index contributed by atoms with van der Waals surface area (Å²) in [6.07, 6.45) is 8.27. The topological polar surface area (TPSA) is 98.7 Å². The molecular weight excluding hydrogens is 346 g/mol. The molecule has 1 aliphatic carbocycles. The molecule has 1 unspecified atom stereocenters. The molecule has 0 saturated carbocycles. The van der Waals surface area contributed by atoms with Crippen LogP contribution in [0.25, 0.3) is 0 Å². The number of allylic oxidation sites excluding steroid dienone is 4. The smallest absolute Gasteiger partial charge is 0.323 e. The van der Waals surface area contributed by atoms with E-state index in [0.29, 0.717) is 24.2 Å². The average Bonchev–Trinajstić information content (AvgIpc) is 2.74. The van der Waals surface area contributed by atoms with Crippen LogP contribution in [0.3, 0.4) is 0 Å². The van der Waals surface area contributed by atoms with Crippen molar-refractivity contribution in [2.45, 2.75) is 25.8 Å². The second-order valence-electron chi connectivity index (χ2n) is 6.49. The van der Waals surface area contributed by atoms with Gasteiger partial charge >= 0.3 is 12.0 Å². The van der Waals surface area contributed by atoms with Crippen molar-refractivity contribution in [2.24, 2.45) is 0 Å². The number of fused-ring (bicyclic) bond motifs is 1. The molecule has 2 aliphatic rings. The number of hydrogen-bond donors (Lipinski definition) is 3. The third-order valence-electron chi connectivity index (χ3n) is 4.39. The SMILES string of the molecule is Cc1cccc(NC(=O)NC2CC=C3CC=CC=C3N(CC(=O)O)C2=O)c1. The molecular formula is C20H21N3O4. The number of carboxylic acids is 1. The van der Waals surface area contributed by atoms with Crippen molar-refractivity contribution >= 4 is 23.6 Å². The maximum atomic E-state index is 12.9. The Kier molecular flexibility index (Phi) is 5.40. The molecule has 7 heteroatoms. The van der Waals surface area contributed by atoms with Gasteiger partial charge in [0.1, 0.15) is 12.6 Å². The zero-order valence-corrected chi connectivity index (χ0v) is 14.9. The third kappa shape index (κ3) is 4.44. The summed E-state index contributed by atoms with van der Waals surface area (Å²) >= 11 is 0. The van der Waals surface area contributed by atoms with Gasteiger partial charge in [0.2, 0.25) is 5.91 Å². The fourth-order valence-electron chi connectivity index (χ4n) is 3.15. The van der Waals surface area contributed by atoms with Gasteiger partial charge in [-0.25, -0.2) is 4.79 Å². The van der Waals surface area contributed by atoms with Gasteiger partial charge in [0, 0.05) is 11.4 Å². The molecule has 140 valence electrons. The molecule has 3 rings (SSSR count). The molecule has 0 fully saturated rings. The Morgan fingerprint density at radius 3 is 2.89 bits per heavy atom. The van der Waals surface area contributed by atoms with Crippen LogP contribution < -0.4 is 10.6 Å². The standard InChI is InChI=1S/C20H21N3O4/c1-13-5-4-7-15(11-13)21-20(27)22-16-10-9-14-6-2-3-8-17(14)23(19(16)26)12-18(24)25/h2-5,7-9,11,16H,6,10,12H2,1H3,(H,24,25)(H2,21,22,27). The largest absolute Gasteiger partial charge is 0.480 e. The van der Waals surface area contributed by atoms with Crippen LogP contribution in [-0.4, -0.2) is 40.5 Å². The molecule has 3 N–H and O–H groups in total. The van der Waals surface area contributed by atoms with Crippen LogP contribution >= 0.6 is 0 Å². The lowest BCUT2D eigenvalue weighted by Crippen LogP contribution is -2.49. The number of nitrogens with zero attached hydrogens (tertiary/aromatic N) is 1. The molecule has 0 radical (unpaired) electrons. The summed E-state index contributed by atoms with van der Waals surface area (Å²) in [5, 5.41) is 14.6. The van der Waals surface area contributed by atoms with Crippen molar-refractivity contribution in [3.63, 3.8) is 0 Å². The minimum absolute atomic E-state index is 0.302. The molecule has 27 heavy (non-hydrogen) atoms. The van der Waals surface area contributed by atoms with E-state index in [1.54, 1.807) is 18.2 Å². The van der Waals surface area contributed by atoms with E-state index in [2.05, 4.69) is 10.6 Å². The van der Waals surface area contributed by atoms with E-state index in [4.69, 9.17) is 0 Å². The Bertz CT molecular complexity index is 870. The summed E-state index contributed by atoms with van der Waals surface area (Å²) in [7, 11) is 0. The van der Waals surface area contributed by atoms with Crippen molar-refractivity contribution in [1.29, 1.82) is 0 Å². The molecule has 1 aromatic rings. The van der Waals surface area contributed by atoms with Gasteiger partial charge in [-0.05, 0) is 49.1 Å². The van der Waals surface area contributed by atoms with Crippen molar-refractivity contribution < 1.29 is 19.5 Å². The fourth-order valence-corrected chi connectivity index (χ4v) is 3.15. The number of hydrogen-bond acceptors (Lipinski definition) is 3. The number of carbonyl (C=O) groups is 3. The van der Waals surface area contributed by atoms with E-state index < -0.39 is 30.5 Å². The van der Waals surface area contributed by atoms with Crippen LogP contribution in [-0.2, 0) is 9.59 Å². The Morgan fingerprint density at radius 1 is 1.33 bits per heavy atom. The van der Waals surface area contributed by atoms with Crippen LogP contribution in [0.15, 0.2) is 59.8 Å². The van der Waals surface area contributed by atoms with E-state index in [1.807, 2.05) is 37.3 Å². The first-order valence-corrected chi connectivity index (χ1v) is 8.67. The first-order chi connectivity index (χ1) is 12.9. The van der Waals surface area contributed by atoms with E-state index >= 15 is 0 Å². The Labute approximate surface area is 157 Å². The van der Waals surface area contributed by atoms with Gasteiger partial charge < -0.3 is 15.7 Å². The highest BCUT2D eigenvalue weighted by atomic mass is 16.4. The summed E-state index contributed by atoms with van der Waals surface area (Å²) in [4.78, 5) is 37.7. The Balaban J connectivity index is 1.77. The summed E-state index contributed by atoms with van der Waals surface area (Å²) in [5.41, 5.74) is 3.08. The highest BCUT2D eigenvalue weighted by molar-refractivity contribution is 5.95. The van der Waals surface area contributed by atoms with Gasteiger partial charge in [0.15, 0.2) is 0 Å². The van der Waals surface area contributed by atoms with Crippen molar-refractivity contribution in [1.82, 2.24) is 10.2 Å².